The number of nitrogens with zero attached hydrogens (tertiary/aromatic N) is 1. The number of rotatable bonds is 3. The van der Waals surface area contributed by atoms with Crippen LogP contribution < -0.4 is 5.90 Å². The molecule has 0 aliphatic carbocycles. The van der Waals surface area contributed by atoms with Crippen LogP contribution in [-0.4, -0.2) is 30.6 Å². The van der Waals surface area contributed by atoms with Crippen molar-refractivity contribution in [2.24, 2.45) is 11.8 Å². The SMILES string of the molecule is CN1CCC(CC(C)(C)ON)CC1. The number of hydrogen-bond donors (Lipinski definition) is 1. The van der Waals surface area contributed by atoms with Crippen molar-refractivity contribution in [2.75, 3.05) is 20.1 Å². The summed E-state index contributed by atoms with van der Waals surface area (Å²) in [6.07, 6.45) is 3.64. The molecule has 0 aromatic carbocycles. The second kappa shape index (κ2) is 4.40. The highest BCUT2D eigenvalue weighted by Gasteiger charge is 2.25. The van der Waals surface area contributed by atoms with E-state index >= 15 is 0 Å². The lowest BCUT2D eigenvalue weighted by Gasteiger charge is -2.33. The van der Waals surface area contributed by atoms with E-state index in [4.69, 9.17) is 10.7 Å². The molecule has 3 heteroatoms. The third-order valence-corrected chi connectivity index (χ3v) is 2.94. The molecule has 0 aromatic rings. The molecule has 78 valence electrons. The van der Waals surface area contributed by atoms with Crippen LogP contribution in [-0.2, 0) is 4.84 Å². The normalized spacial score (nSPS) is 22.2. The van der Waals surface area contributed by atoms with Gasteiger partial charge in [-0.3, -0.25) is 4.84 Å². The van der Waals surface area contributed by atoms with E-state index in [2.05, 4.69) is 25.8 Å². The molecule has 1 saturated heterocycles. The van der Waals surface area contributed by atoms with E-state index in [-0.39, 0.29) is 5.60 Å². The first-order valence-corrected chi connectivity index (χ1v) is 5.10. The van der Waals surface area contributed by atoms with Gasteiger partial charge < -0.3 is 4.90 Å². The summed E-state index contributed by atoms with van der Waals surface area (Å²) in [5.74, 6) is 6.03. The Balaban J connectivity index is 2.30. The number of piperidine rings is 1. The summed E-state index contributed by atoms with van der Waals surface area (Å²) in [6, 6.07) is 0. The summed E-state index contributed by atoms with van der Waals surface area (Å²) < 4.78 is 0. The highest BCUT2D eigenvalue weighted by atomic mass is 16.6. The second-order valence-corrected chi connectivity index (χ2v) is 4.83. The molecule has 0 bridgehead atoms. The monoisotopic (exact) mass is 186 g/mol. The smallest absolute Gasteiger partial charge is 0.0840 e. The summed E-state index contributed by atoms with van der Waals surface area (Å²) >= 11 is 0. The molecule has 0 atom stereocenters. The molecule has 1 fully saturated rings. The van der Waals surface area contributed by atoms with Crippen LogP contribution in [0.5, 0.6) is 0 Å². The Labute approximate surface area is 81.2 Å². The molecule has 1 aliphatic heterocycles. The molecule has 0 unspecified atom stereocenters. The molecule has 0 saturated carbocycles. The number of likely N-dealkylation sites (tertiary alicyclic amines) is 1. The maximum absolute atomic E-state index is 5.24. The van der Waals surface area contributed by atoms with E-state index in [1.165, 1.54) is 25.9 Å². The molecule has 3 nitrogen and oxygen atoms in total. The molecular formula is C10H22N2O. The minimum atomic E-state index is -0.152. The minimum absolute atomic E-state index is 0.152. The minimum Gasteiger partial charge on any atom is -0.306 e. The van der Waals surface area contributed by atoms with Crippen LogP contribution in [0.25, 0.3) is 0 Å². The predicted octanol–water partition coefficient (Wildman–Crippen LogP) is 1.39. The Kier molecular flexibility index (Phi) is 3.71. The van der Waals surface area contributed by atoms with Crippen molar-refractivity contribution >= 4 is 0 Å². The van der Waals surface area contributed by atoms with Crippen LogP contribution in [0, 0.1) is 5.92 Å². The van der Waals surface area contributed by atoms with Crippen LogP contribution in [0.2, 0.25) is 0 Å². The highest BCUT2D eigenvalue weighted by Crippen LogP contribution is 2.26. The maximum atomic E-state index is 5.24. The lowest BCUT2D eigenvalue weighted by molar-refractivity contribution is -0.0412. The van der Waals surface area contributed by atoms with E-state index in [0.29, 0.717) is 0 Å². The van der Waals surface area contributed by atoms with Crippen molar-refractivity contribution in [2.45, 2.75) is 38.7 Å². The number of nitrogens with two attached hydrogens (primary N) is 1. The van der Waals surface area contributed by atoms with Crippen LogP contribution >= 0.6 is 0 Å². The topological polar surface area (TPSA) is 38.5 Å². The third-order valence-electron chi connectivity index (χ3n) is 2.94. The van der Waals surface area contributed by atoms with Gasteiger partial charge in [-0.05, 0) is 59.2 Å². The summed E-state index contributed by atoms with van der Waals surface area (Å²) in [5, 5.41) is 0. The molecule has 0 spiro atoms. The van der Waals surface area contributed by atoms with Gasteiger partial charge in [0.15, 0.2) is 0 Å². The lowest BCUT2D eigenvalue weighted by Crippen LogP contribution is -2.36. The predicted molar refractivity (Wildman–Crippen MR) is 54.2 cm³/mol. The van der Waals surface area contributed by atoms with Gasteiger partial charge in [-0.1, -0.05) is 0 Å². The Morgan fingerprint density at radius 1 is 1.38 bits per heavy atom. The van der Waals surface area contributed by atoms with Crippen molar-refractivity contribution < 1.29 is 4.84 Å². The summed E-state index contributed by atoms with van der Waals surface area (Å²) in [7, 11) is 2.18. The third kappa shape index (κ3) is 3.63. The molecule has 0 aromatic heterocycles. The van der Waals surface area contributed by atoms with Crippen molar-refractivity contribution in [3.05, 3.63) is 0 Å². The van der Waals surface area contributed by atoms with Gasteiger partial charge >= 0.3 is 0 Å². The van der Waals surface area contributed by atoms with Gasteiger partial charge in [0.2, 0.25) is 0 Å². The Bertz CT molecular complexity index is 151. The van der Waals surface area contributed by atoms with Crippen LogP contribution in [0.3, 0.4) is 0 Å². The molecule has 1 aliphatic rings. The van der Waals surface area contributed by atoms with E-state index in [1.807, 2.05) is 0 Å². The zero-order valence-corrected chi connectivity index (χ0v) is 9.05. The van der Waals surface area contributed by atoms with E-state index in [1.54, 1.807) is 0 Å². The fourth-order valence-electron chi connectivity index (χ4n) is 2.01. The molecule has 0 amide bonds. The summed E-state index contributed by atoms with van der Waals surface area (Å²) in [5.41, 5.74) is -0.152. The van der Waals surface area contributed by atoms with Crippen LogP contribution in [0.4, 0.5) is 0 Å². The first-order valence-electron chi connectivity index (χ1n) is 5.10. The second-order valence-electron chi connectivity index (χ2n) is 4.83. The molecule has 13 heavy (non-hydrogen) atoms. The van der Waals surface area contributed by atoms with Gasteiger partial charge in [-0.15, -0.1) is 0 Å². The van der Waals surface area contributed by atoms with Crippen molar-refractivity contribution in [3.8, 4) is 0 Å². The molecule has 1 rings (SSSR count). The Morgan fingerprint density at radius 2 is 1.92 bits per heavy atom. The maximum Gasteiger partial charge on any atom is 0.0840 e. The quantitative estimate of drug-likeness (QED) is 0.677. The van der Waals surface area contributed by atoms with E-state index in [0.717, 1.165) is 12.3 Å². The first-order chi connectivity index (χ1) is 6.03. The summed E-state index contributed by atoms with van der Waals surface area (Å²) in [6.45, 7) is 6.55. The van der Waals surface area contributed by atoms with Crippen LogP contribution in [0.1, 0.15) is 33.1 Å². The van der Waals surface area contributed by atoms with Gasteiger partial charge in [0.1, 0.15) is 0 Å². The molecular weight excluding hydrogens is 164 g/mol. The van der Waals surface area contributed by atoms with E-state index < -0.39 is 0 Å². The van der Waals surface area contributed by atoms with Crippen LogP contribution in [0.15, 0.2) is 0 Å². The van der Waals surface area contributed by atoms with Gasteiger partial charge in [0.25, 0.3) is 0 Å². The van der Waals surface area contributed by atoms with Gasteiger partial charge in [-0.2, -0.15) is 0 Å². The van der Waals surface area contributed by atoms with Gasteiger partial charge in [0.05, 0.1) is 5.60 Å². The largest absolute Gasteiger partial charge is 0.306 e. The average molecular weight is 186 g/mol. The Morgan fingerprint density at radius 3 is 2.38 bits per heavy atom. The first kappa shape index (κ1) is 11.0. The zero-order chi connectivity index (χ0) is 9.90. The summed E-state index contributed by atoms with van der Waals surface area (Å²) in [4.78, 5) is 7.34. The van der Waals surface area contributed by atoms with Gasteiger partial charge in [-0.25, -0.2) is 5.90 Å². The zero-order valence-electron chi connectivity index (χ0n) is 9.05. The average Bonchev–Trinajstić information content (AvgIpc) is 2.09. The standard InChI is InChI=1S/C10H22N2O/c1-10(2,13-11)8-9-4-6-12(3)7-5-9/h9H,4-8,11H2,1-3H3. The molecule has 1 heterocycles. The molecule has 2 N–H and O–H groups in total. The van der Waals surface area contributed by atoms with Crippen molar-refractivity contribution in [3.63, 3.8) is 0 Å². The van der Waals surface area contributed by atoms with E-state index in [9.17, 15) is 0 Å². The Hall–Kier alpha value is -0.120. The number of hydrogen-bond acceptors (Lipinski definition) is 3. The fraction of sp³-hybridized carbons (Fsp3) is 1.00. The van der Waals surface area contributed by atoms with Crippen molar-refractivity contribution in [1.29, 1.82) is 0 Å². The lowest BCUT2D eigenvalue weighted by atomic mass is 9.86. The van der Waals surface area contributed by atoms with Gasteiger partial charge in [0, 0.05) is 0 Å². The fourth-order valence-corrected chi connectivity index (χ4v) is 2.01. The van der Waals surface area contributed by atoms with Crippen molar-refractivity contribution in [1.82, 2.24) is 4.90 Å². The highest BCUT2D eigenvalue weighted by molar-refractivity contribution is 4.77. The molecule has 0 radical (unpaired) electrons.